The van der Waals surface area contributed by atoms with Crippen molar-refractivity contribution in [1.29, 1.82) is 0 Å². The van der Waals surface area contributed by atoms with Gasteiger partial charge >= 0.3 is 0 Å². The first-order valence-electron chi connectivity index (χ1n) is 4.26. The average Bonchev–Trinajstić information content (AvgIpc) is 1.96. The van der Waals surface area contributed by atoms with Gasteiger partial charge in [-0.25, -0.2) is 0 Å². The van der Waals surface area contributed by atoms with Gasteiger partial charge in [-0.15, -0.1) is 0 Å². The molecule has 0 aromatic carbocycles. The molecule has 1 rings (SSSR count). The number of aliphatic hydroxyl groups is 2. The van der Waals surface area contributed by atoms with Crippen LogP contribution in [0.3, 0.4) is 0 Å². The lowest BCUT2D eigenvalue weighted by Crippen LogP contribution is -2.26. The molecule has 2 heteroatoms. The van der Waals surface area contributed by atoms with Crippen LogP contribution in [0.1, 0.15) is 20.3 Å². The summed E-state index contributed by atoms with van der Waals surface area (Å²) < 4.78 is 0. The molecular weight excluding hydrogens is 152 g/mol. The van der Waals surface area contributed by atoms with E-state index >= 15 is 0 Å². The zero-order valence-electron chi connectivity index (χ0n) is 7.62. The van der Waals surface area contributed by atoms with E-state index in [4.69, 9.17) is 0 Å². The predicted molar refractivity (Wildman–Crippen MR) is 48.8 cm³/mol. The van der Waals surface area contributed by atoms with E-state index in [2.05, 4.69) is 6.58 Å². The molecule has 0 bridgehead atoms. The largest absolute Gasteiger partial charge is 0.510 e. The van der Waals surface area contributed by atoms with Crippen molar-refractivity contribution >= 4 is 0 Å². The van der Waals surface area contributed by atoms with Crippen molar-refractivity contribution in [2.75, 3.05) is 0 Å². The van der Waals surface area contributed by atoms with Crippen molar-refractivity contribution < 1.29 is 10.2 Å². The van der Waals surface area contributed by atoms with E-state index in [-0.39, 0.29) is 11.7 Å². The lowest BCUT2D eigenvalue weighted by molar-refractivity contribution is 0.110. The fraction of sp³-hybridized carbons (Fsp3) is 0.600. The second-order valence-corrected chi connectivity index (χ2v) is 3.65. The van der Waals surface area contributed by atoms with E-state index < -0.39 is 6.10 Å². The molecule has 68 valence electrons. The average molecular weight is 168 g/mol. The monoisotopic (exact) mass is 168 g/mol. The Morgan fingerprint density at radius 1 is 1.67 bits per heavy atom. The minimum absolute atomic E-state index is 0.111. The van der Waals surface area contributed by atoms with E-state index in [1.54, 1.807) is 6.08 Å². The smallest absolute Gasteiger partial charge is 0.117 e. The molecule has 0 spiro atoms. The zero-order chi connectivity index (χ0) is 9.30. The van der Waals surface area contributed by atoms with Crippen LogP contribution in [-0.4, -0.2) is 16.3 Å². The zero-order valence-corrected chi connectivity index (χ0v) is 7.62. The van der Waals surface area contributed by atoms with Crippen molar-refractivity contribution in [2.24, 2.45) is 11.8 Å². The first kappa shape index (κ1) is 9.33. The van der Waals surface area contributed by atoms with Crippen LogP contribution in [0.4, 0.5) is 0 Å². The van der Waals surface area contributed by atoms with Crippen molar-refractivity contribution in [3.8, 4) is 0 Å². The van der Waals surface area contributed by atoms with Gasteiger partial charge in [0.25, 0.3) is 0 Å². The Morgan fingerprint density at radius 2 is 2.25 bits per heavy atom. The third kappa shape index (κ3) is 1.69. The molecule has 0 aromatic heterocycles. The van der Waals surface area contributed by atoms with Gasteiger partial charge in [0.15, 0.2) is 0 Å². The highest BCUT2D eigenvalue weighted by molar-refractivity contribution is 5.13. The van der Waals surface area contributed by atoms with Gasteiger partial charge in [0.05, 0.1) is 0 Å². The standard InChI is InChI=1S/C10H16O2/c1-6(2)8-5-10(12)9(11)4-7(8)3/h4,7-8,10-12H,1,5H2,2-3H3. The highest BCUT2D eigenvalue weighted by Crippen LogP contribution is 2.31. The summed E-state index contributed by atoms with van der Waals surface area (Å²) in [6.45, 7) is 7.86. The summed E-state index contributed by atoms with van der Waals surface area (Å²) in [6.07, 6.45) is 1.62. The lowest BCUT2D eigenvalue weighted by Gasteiger charge is -2.29. The van der Waals surface area contributed by atoms with E-state index in [1.807, 2.05) is 13.8 Å². The van der Waals surface area contributed by atoms with Crippen molar-refractivity contribution in [3.63, 3.8) is 0 Å². The maximum absolute atomic E-state index is 9.36. The molecule has 1 aliphatic rings. The quantitative estimate of drug-likeness (QED) is 0.588. The normalized spacial score (nSPS) is 35.9. The summed E-state index contributed by atoms with van der Waals surface area (Å²) in [6, 6.07) is 0. The molecule has 0 fully saturated rings. The Bertz CT molecular complexity index is 218. The van der Waals surface area contributed by atoms with Crippen LogP contribution < -0.4 is 0 Å². The summed E-state index contributed by atoms with van der Waals surface area (Å²) in [5, 5.41) is 18.6. The van der Waals surface area contributed by atoms with Crippen molar-refractivity contribution in [2.45, 2.75) is 26.4 Å². The van der Waals surface area contributed by atoms with E-state index in [9.17, 15) is 10.2 Å². The number of allylic oxidation sites excluding steroid dienone is 2. The topological polar surface area (TPSA) is 40.5 Å². The fourth-order valence-corrected chi connectivity index (χ4v) is 1.72. The Morgan fingerprint density at radius 3 is 2.75 bits per heavy atom. The molecule has 0 saturated heterocycles. The van der Waals surface area contributed by atoms with Gasteiger partial charge in [-0.2, -0.15) is 0 Å². The molecule has 2 N–H and O–H groups in total. The van der Waals surface area contributed by atoms with Crippen LogP contribution in [0.5, 0.6) is 0 Å². The molecule has 0 amide bonds. The molecule has 1 aliphatic carbocycles. The molecular formula is C10H16O2. The number of aliphatic hydroxyl groups excluding tert-OH is 2. The molecule has 0 aromatic rings. The van der Waals surface area contributed by atoms with Gasteiger partial charge in [-0.3, -0.25) is 0 Å². The first-order valence-corrected chi connectivity index (χ1v) is 4.26. The molecule has 3 unspecified atom stereocenters. The van der Waals surface area contributed by atoms with Crippen LogP contribution >= 0.6 is 0 Å². The number of hydrogen-bond acceptors (Lipinski definition) is 2. The molecule has 0 radical (unpaired) electrons. The molecule has 0 heterocycles. The molecule has 3 atom stereocenters. The lowest BCUT2D eigenvalue weighted by atomic mass is 9.79. The maximum atomic E-state index is 9.36. The van der Waals surface area contributed by atoms with Gasteiger partial charge in [-0.05, 0) is 31.3 Å². The second kappa shape index (κ2) is 3.31. The third-order valence-electron chi connectivity index (χ3n) is 2.52. The Kier molecular flexibility index (Phi) is 2.58. The van der Waals surface area contributed by atoms with Crippen molar-refractivity contribution in [3.05, 3.63) is 24.0 Å². The number of rotatable bonds is 1. The highest BCUT2D eigenvalue weighted by Gasteiger charge is 2.27. The maximum Gasteiger partial charge on any atom is 0.117 e. The summed E-state index contributed by atoms with van der Waals surface area (Å²) in [7, 11) is 0. The summed E-state index contributed by atoms with van der Waals surface area (Å²) in [5.74, 6) is 0.696. The van der Waals surface area contributed by atoms with Gasteiger partial charge in [0.2, 0.25) is 0 Å². The Labute approximate surface area is 73.2 Å². The third-order valence-corrected chi connectivity index (χ3v) is 2.52. The summed E-state index contributed by atoms with van der Waals surface area (Å²) in [5.41, 5.74) is 1.07. The van der Waals surface area contributed by atoms with Crippen molar-refractivity contribution in [1.82, 2.24) is 0 Å². The Hall–Kier alpha value is -0.760. The van der Waals surface area contributed by atoms with Gasteiger partial charge in [0, 0.05) is 0 Å². The molecule has 0 saturated carbocycles. The van der Waals surface area contributed by atoms with Crippen LogP contribution in [-0.2, 0) is 0 Å². The minimum atomic E-state index is -0.692. The van der Waals surface area contributed by atoms with Crippen LogP contribution in [0.25, 0.3) is 0 Å². The minimum Gasteiger partial charge on any atom is -0.510 e. The summed E-state index contributed by atoms with van der Waals surface area (Å²) in [4.78, 5) is 0. The van der Waals surface area contributed by atoms with E-state index in [0.717, 1.165) is 5.57 Å². The van der Waals surface area contributed by atoms with Gasteiger partial charge in [0.1, 0.15) is 11.9 Å². The van der Waals surface area contributed by atoms with E-state index in [0.29, 0.717) is 12.3 Å². The van der Waals surface area contributed by atoms with Crippen LogP contribution in [0.15, 0.2) is 24.0 Å². The second-order valence-electron chi connectivity index (χ2n) is 3.65. The number of hydrogen-bond donors (Lipinski definition) is 2. The predicted octanol–water partition coefficient (Wildman–Crippen LogP) is 2.02. The SMILES string of the molecule is C=C(C)C1CC(O)C(O)=CC1C. The molecule has 2 nitrogen and oxygen atoms in total. The first-order chi connectivity index (χ1) is 5.52. The van der Waals surface area contributed by atoms with Gasteiger partial charge in [-0.1, -0.05) is 19.1 Å². The summed E-state index contributed by atoms with van der Waals surface area (Å²) >= 11 is 0. The highest BCUT2D eigenvalue weighted by atomic mass is 16.3. The van der Waals surface area contributed by atoms with Gasteiger partial charge < -0.3 is 10.2 Å². The van der Waals surface area contributed by atoms with E-state index in [1.165, 1.54) is 0 Å². The van der Waals surface area contributed by atoms with Crippen LogP contribution in [0.2, 0.25) is 0 Å². The Balaban J connectivity index is 2.79. The van der Waals surface area contributed by atoms with Crippen LogP contribution in [0, 0.1) is 11.8 Å². The fourth-order valence-electron chi connectivity index (χ4n) is 1.72. The molecule has 0 aliphatic heterocycles. The molecule has 12 heavy (non-hydrogen) atoms.